The van der Waals surface area contributed by atoms with Crippen molar-refractivity contribution < 1.29 is 4.79 Å². The van der Waals surface area contributed by atoms with Gasteiger partial charge in [-0.1, -0.05) is 30.3 Å². The van der Waals surface area contributed by atoms with Crippen molar-refractivity contribution in [3.8, 4) is 0 Å². The molecule has 2 N–H and O–H groups in total. The molecule has 1 aliphatic heterocycles. The van der Waals surface area contributed by atoms with Gasteiger partial charge in [0.15, 0.2) is 0 Å². The summed E-state index contributed by atoms with van der Waals surface area (Å²) in [5.41, 5.74) is 9.77. The number of benzene rings is 2. The molecule has 0 radical (unpaired) electrons. The van der Waals surface area contributed by atoms with E-state index in [0.717, 1.165) is 29.9 Å². The Kier molecular flexibility index (Phi) is 2.95. The largest absolute Gasteiger partial charge is 0.399 e. The molecule has 0 saturated heterocycles. The summed E-state index contributed by atoms with van der Waals surface area (Å²) < 4.78 is 0. The van der Waals surface area contributed by atoms with Crippen LogP contribution in [0.5, 0.6) is 0 Å². The second kappa shape index (κ2) is 4.76. The molecule has 3 heteroatoms. The van der Waals surface area contributed by atoms with Gasteiger partial charge in [0.2, 0.25) is 5.91 Å². The zero-order valence-electron chi connectivity index (χ0n) is 10.7. The molecule has 19 heavy (non-hydrogen) atoms. The number of carbonyl (C=O) groups excluding carboxylic acids is 1. The Labute approximate surface area is 112 Å². The molecule has 3 rings (SSSR count). The van der Waals surface area contributed by atoms with E-state index in [-0.39, 0.29) is 5.91 Å². The van der Waals surface area contributed by atoms with E-state index in [4.69, 9.17) is 5.73 Å². The monoisotopic (exact) mass is 252 g/mol. The highest BCUT2D eigenvalue weighted by molar-refractivity contribution is 6.01. The zero-order chi connectivity index (χ0) is 13.2. The first-order chi connectivity index (χ1) is 9.24. The van der Waals surface area contributed by atoms with Gasteiger partial charge in [-0.3, -0.25) is 4.79 Å². The summed E-state index contributed by atoms with van der Waals surface area (Å²) in [7, 11) is 0. The Morgan fingerprint density at radius 3 is 2.68 bits per heavy atom. The molecule has 0 aliphatic carbocycles. The number of nitrogens with zero attached hydrogens (tertiary/aromatic N) is 1. The summed E-state index contributed by atoms with van der Waals surface area (Å²) >= 11 is 0. The average molecular weight is 252 g/mol. The molecule has 1 amide bonds. The standard InChI is InChI=1S/C16H16N2O/c17-14-6-7-15-13(10-14)11-16(19)18(15)9-8-12-4-2-1-3-5-12/h1-7,10H,8-9,11,17H2. The van der Waals surface area contributed by atoms with Gasteiger partial charge >= 0.3 is 0 Å². The Morgan fingerprint density at radius 1 is 1.11 bits per heavy atom. The van der Waals surface area contributed by atoms with Gasteiger partial charge in [0.05, 0.1) is 6.42 Å². The van der Waals surface area contributed by atoms with E-state index in [1.54, 1.807) is 0 Å². The SMILES string of the molecule is Nc1ccc2c(c1)CC(=O)N2CCc1ccccc1. The third kappa shape index (κ3) is 2.32. The fourth-order valence-corrected chi connectivity index (χ4v) is 2.53. The molecule has 0 unspecified atom stereocenters. The molecule has 0 aromatic heterocycles. The maximum Gasteiger partial charge on any atom is 0.231 e. The summed E-state index contributed by atoms with van der Waals surface area (Å²) in [6.07, 6.45) is 1.34. The van der Waals surface area contributed by atoms with Crippen molar-refractivity contribution in [3.63, 3.8) is 0 Å². The summed E-state index contributed by atoms with van der Waals surface area (Å²) in [5.74, 6) is 0.163. The molecular formula is C16H16N2O. The highest BCUT2D eigenvalue weighted by Gasteiger charge is 2.26. The van der Waals surface area contributed by atoms with E-state index in [1.807, 2.05) is 41.3 Å². The highest BCUT2D eigenvalue weighted by atomic mass is 16.2. The van der Waals surface area contributed by atoms with Crippen molar-refractivity contribution in [1.29, 1.82) is 0 Å². The topological polar surface area (TPSA) is 46.3 Å². The van der Waals surface area contributed by atoms with Gasteiger partial charge < -0.3 is 10.6 Å². The van der Waals surface area contributed by atoms with Gasteiger partial charge in [0.1, 0.15) is 0 Å². The average Bonchev–Trinajstić information content (AvgIpc) is 2.72. The Balaban J connectivity index is 1.77. The molecule has 0 fully saturated rings. The molecular weight excluding hydrogens is 236 g/mol. The number of fused-ring (bicyclic) bond motifs is 1. The van der Waals surface area contributed by atoms with E-state index < -0.39 is 0 Å². The fraction of sp³-hybridized carbons (Fsp3) is 0.188. The van der Waals surface area contributed by atoms with Crippen LogP contribution in [0.3, 0.4) is 0 Å². The lowest BCUT2D eigenvalue weighted by Gasteiger charge is -2.17. The number of carbonyl (C=O) groups is 1. The molecule has 1 heterocycles. The first-order valence-corrected chi connectivity index (χ1v) is 6.47. The zero-order valence-corrected chi connectivity index (χ0v) is 10.7. The van der Waals surface area contributed by atoms with E-state index in [0.29, 0.717) is 6.42 Å². The molecule has 0 atom stereocenters. The Hall–Kier alpha value is -2.29. The van der Waals surface area contributed by atoms with Crippen molar-refractivity contribution in [3.05, 3.63) is 59.7 Å². The predicted octanol–water partition coefficient (Wildman–Crippen LogP) is 2.40. The number of rotatable bonds is 3. The van der Waals surface area contributed by atoms with Gasteiger partial charge in [-0.15, -0.1) is 0 Å². The van der Waals surface area contributed by atoms with Gasteiger partial charge in [-0.2, -0.15) is 0 Å². The molecule has 0 bridgehead atoms. The lowest BCUT2D eigenvalue weighted by atomic mass is 10.1. The van der Waals surface area contributed by atoms with Crippen LogP contribution in [-0.2, 0) is 17.6 Å². The van der Waals surface area contributed by atoms with Gasteiger partial charge in [0, 0.05) is 17.9 Å². The smallest absolute Gasteiger partial charge is 0.231 e. The van der Waals surface area contributed by atoms with Crippen LogP contribution in [0.2, 0.25) is 0 Å². The normalized spacial score (nSPS) is 13.7. The first kappa shape index (κ1) is 11.8. The molecule has 3 nitrogen and oxygen atoms in total. The molecule has 0 spiro atoms. The van der Waals surface area contributed by atoms with E-state index in [2.05, 4.69) is 12.1 Å². The van der Waals surface area contributed by atoms with Crippen LogP contribution < -0.4 is 10.6 Å². The number of anilines is 2. The van der Waals surface area contributed by atoms with Gasteiger partial charge in [-0.25, -0.2) is 0 Å². The van der Waals surface area contributed by atoms with E-state index in [9.17, 15) is 4.79 Å². The van der Waals surface area contributed by atoms with Crippen molar-refractivity contribution >= 4 is 17.3 Å². The molecule has 2 aromatic rings. The Morgan fingerprint density at radius 2 is 1.89 bits per heavy atom. The van der Waals surface area contributed by atoms with Crippen molar-refractivity contribution in [2.75, 3.05) is 17.2 Å². The lowest BCUT2D eigenvalue weighted by Crippen LogP contribution is -2.28. The minimum Gasteiger partial charge on any atom is -0.399 e. The number of hydrogen-bond donors (Lipinski definition) is 1. The van der Waals surface area contributed by atoms with Crippen LogP contribution in [0.1, 0.15) is 11.1 Å². The van der Waals surface area contributed by atoms with Crippen molar-refractivity contribution in [1.82, 2.24) is 0 Å². The van der Waals surface area contributed by atoms with E-state index >= 15 is 0 Å². The molecule has 0 saturated carbocycles. The van der Waals surface area contributed by atoms with Gasteiger partial charge in [-0.05, 0) is 35.7 Å². The Bertz CT molecular complexity index is 607. The molecule has 2 aromatic carbocycles. The third-order valence-electron chi connectivity index (χ3n) is 3.50. The maximum absolute atomic E-state index is 12.0. The number of hydrogen-bond acceptors (Lipinski definition) is 2. The maximum atomic E-state index is 12.0. The fourth-order valence-electron chi connectivity index (χ4n) is 2.53. The quantitative estimate of drug-likeness (QED) is 0.853. The molecule has 96 valence electrons. The van der Waals surface area contributed by atoms with Crippen LogP contribution in [0, 0.1) is 0 Å². The summed E-state index contributed by atoms with van der Waals surface area (Å²) in [5, 5.41) is 0. The van der Waals surface area contributed by atoms with Crippen LogP contribution in [0.25, 0.3) is 0 Å². The van der Waals surface area contributed by atoms with Crippen LogP contribution in [0.4, 0.5) is 11.4 Å². The van der Waals surface area contributed by atoms with Gasteiger partial charge in [0.25, 0.3) is 0 Å². The summed E-state index contributed by atoms with van der Waals surface area (Å²) in [6.45, 7) is 0.722. The summed E-state index contributed by atoms with van der Waals surface area (Å²) in [4.78, 5) is 13.9. The molecule has 1 aliphatic rings. The van der Waals surface area contributed by atoms with E-state index in [1.165, 1.54) is 5.56 Å². The lowest BCUT2D eigenvalue weighted by molar-refractivity contribution is -0.117. The second-order valence-electron chi connectivity index (χ2n) is 4.85. The number of nitrogens with two attached hydrogens (primary N) is 1. The summed E-state index contributed by atoms with van der Waals surface area (Å²) in [6, 6.07) is 15.9. The van der Waals surface area contributed by atoms with Crippen LogP contribution >= 0.6 is 0 Å². The van der Waals surface area contributed by atoms with Crippen LogP contribution in [0.15, 0.2) is 48.5 Å². The van der Waals surface area contributed by atoms with Crippen molar-refractivity contribution in [2.24, 2.45) is 0 Å². The minimum absolute atomic E-state index is 0.163. The first-order valence-electron chi connectivity index (χ1n) is 6.47. The second-order valence-corrected chi connectivity index (χ2v) is 4.85. The third-order valence-corrected chi connectivity index (χ3v) is 3.50. The number of amides is 1. The van der Waals surface area contributed by atoms with Crippen molar-refractivity contribution in [2.45, 2.75) is 12.8 Å². The van der Waals surface area contributed by atoms with Crippen LogP contribution in [-0.4, -0.2) is 12.5 Å². The number of nitrogen functional groups attached to an aromatic ring is 1. The highest BCUT2D eigenvalue weighted by Crippen LogP contribution is 2.30. The minimum atomic E-state index is 0.163. The predicted molar refractivity (Wildman–Crippen MR) is 77.1 cm³/mol.